The van der Waals surface area contributed by atoms with E-state index < -0.39 is 0 Å². The molecule has 0 spiro atoms. The van der Waals surface area contributed by atoms with Crippen molar-refractivity contribution in [3.8, 4) is 17.6 Å². The number of hydrogen-bond acceptors (Lipinski definition) is 9. The maximum absolute atomic E-state index is 13.0. The zero-order chi connectivity index (χ0) is 28.9. The average Bonchev–Trinajstić information content (AvgIpc) is 3.49. The van der Waals surface area contributed by atoms with E-state index in [1.807, 2.05) is 40.0 Å². The number of nitrogens with zero attached hydrogens (tertiary/aromatic N) is 9. The third-order valence-electron chi connectivity index (χ3n) is 7.55. The average molecular weight is 566 g/mol. The highest BCUT2D eigenvalue weighted by atomic mass is 16.5. The van der Waals surface area contributed by atoms with Crippen LogP contribution in [0.2, 0.25) is 0 Å². The Balaban J connectivity index is 1.29. The van der Waals surface area contributed by atoms with E-state index in [0.717, 1.165) is 54.0 Å². The Bertz CT molecular complexity index is 1620. The molecule has 42 heavy (non-hydrogen) atoms. The Kier molecular flexibility index (Phi) is 7.87. The zero-order valence-corrected chi connectivity index (χ0v) is 23.3. The van der Waals surface area contributed by atoms with Crippen LogP contribution in [0.25, 0.3) is 22.4 Å². The van der Waals surface area contributed by atoms with Crippen molar-refractivity contribution >= 4 is 34.4 Å². The van der Waals surface area contributed by atoms with Gasteiger partial charge in [-0.3, -0.25) is 9.78 Å². The summed E-state index contributed by atoms with van der Waals surface area (Å²) >= 11 is 0. The summed E-state index contributed by atoms with van der Waals surface area (Å²) in [5.41, 5.74) is 3.01. The fourth-order valence-electron chi connectivity index (χ4n) is 5.34. The van der Waals surface area contributed by atoms with Crippen LogP contribution in [-0.4, -0.2) is 87.9 Å². The van der Waals surface area contributed by atoms with Crippen molar-refractivity contribution in [1.29, 1.82) is 5.26 Å². The molecule has 0 aliphatic carbocycles. The van der Waals surface area contributed by atoms with Gasteiger partial charge in [0.2, 0.25) is 12.2 Å². The molecule has 1 amide bonds. The van der Waals surface area contributed by atoms with Gasteiger partial charge in [-0.1, -0.05) is 0 Å². The molecule has 0 radical (unpaired) electrons. The number of carbonyl (C=O) groups is 1. The summed E-state index contributed by atoms with van der Waals surface area (Å²) in [4.78, 5) is 34.9. The third-order valence-corrected chi connectivity index (χ3v) is 7.55. The van der Waals surface area contributed by atoms with Gasteiger partial charge < -0.3 is 25.2 Å². The summed E-state index contributed by atoms with van der Waals surface area (Å²) in [6, 6.07) is 11.4. The number of anilines is 2. The van der Waals surface area contributed by atoms with Gasteiger partial charge in [0, 0.05) is 56.9 Å². The van der Waals surface area contributed by atoms with Gasteiger partial charge in [0.1, 0.15) is 5.82 Å². The predicted octanol–water partition coefficient (Wildman–Crippen LogP) is 2.67. The minimum Gasteiger partial charge on any atom is -0.378 e. The van der Waals surface area contributed by atoms with E-state index in [4.69, 9.17) is 25.1 Å². The quantitative estimate of drug-likeness (QED) is 0.210. The van der Waals surface area contributed by atoms with E-state index in [-0.39, 0.29) is 11.9 Å². The number of aromatic nitrogens is 5. The van der Waals surface area contributed by atoms with Gasteiger partial charge in [0.15, 0.2) is 11.5 Å². The molecule has 2 fully saturated rings. The highest BCUT2D eigenvalue weighted by Crippen LogP contribution is 2.32. The molecule has 13 nitrogen and oxygen atoms in total. The van der Waals surface area contributed by atoms with Crippen LogP contribution < -0.4 is 15.5 Å². The molecule has 2 aliphatic heterocycles. The first kappa shape index (κ1) is 27.1. The molecule has 0 atom stereocenters. The van der Waals surface area contributed by atoms with E-state index in [1.54, 1.807) is 37.8 Å². The van der Waals surface area contributed by atoms with Crippen molar-refractivity contribution in [3.05, 3.63) is 60.6 Å². The van der Waals surface area contributed by atoms with Crippen molar-refractivity contribution in [2.75, 3.05) is 56.7 Å². The smallest absolute Gasteiger partial charge is 0.255 e. The van der Waals surface area contributed by atoms with Crippen molar-refractivity contribution in [3.63, 3.8) is 0 Å². The second kappa shape index (κ2) is 12.2. The SMILES string of the molecule is CN/C(=N\C#N)Nc1ccc(-c2nc(N3CCOCC3)c3cnn(C4CCN(C(=O)c5cccnc5)CC4)c3n2)cc1. The summed E-state index contributed by atoms with van der Waals surface area (Å²) in [6.45, 7) is 4.00. The molecule has 0 saturated carbocycles. The van der Waals surface area contributed by atoms with Crippen LogP contribution in [-0.2, 0) is 4.74 Å². The molecule has 2 saturated heterocycles. The minimum atomic E-state index is 0.00441. The highest BCUT2D eigenvalue weighted by molar-refractivity contribution is 5.95. The minimum absolute atomic E-state index is 0.00441. The first-order chi connectivity index (χ1) is 20.6. The second-order valence-corrected chi connectivity index (χ2v) is 10.1. The second-order valence-electron chi connectivity index (χ2n) is 10.1. The molecule has 2 N–H and O–H groups in total. The summed E-state index contributed by atoms with van der Waals surface area (Å²) < 4.78 is 7.60. The number of nitriles is 1. The van der Waals surface area contributed by atoms with Crippen LogP contribution in [0.15, 0.2) is 60.0 Å². The standard InChI is InChI=1S/C29H31N11O2/c1-31-29(33-19-30)35-22-6-4-20(5-7-22)25-36-26(38-13-15-42-16-14-38)24-18-34-40(27(24)37-25)23-8-11-39(12-9-23)28(41)21-3-2-10-32-17-21/h2-7,10,17-18,23H,8-9,11-16H2,1H3,(H2,31,33,35). The lowest BCUT2D eigenvalue weighted by Gasteiger charge is -2.32. The number of nitrogens with one attached hydrogen (secondary N) is 2. The van der Waals surface area contributed by atoms with E-state index in [1.165, 1.54) is 0 Å². The Morgan fingerprint density at radius 1 is 1.07 bits per heavy atom. The number of ether oxygens (including phenoxy) is 1. The van der Waals surface area contributed by atoms with Crippen LogP contribution in [0.1, 0.15) is 29.2 Å². The number of morpholine rings is 1. The van der Waals surface area contributed by atoms with Gasteiger partial charge in [-0.2, -0.15) is 10.4 Å². The van der Waals surface area contributed by atoms with Crippen molar-refractivity contribution in [2.45, 2.75) is 18.9 Å². The summed E-state index contributed by atoms with van der Waals surface area (Å²) in [6.07, 6.45) is 8.46. The normalized spacial score (nSPS) is 16.3. The number of benzene rings is 1. The number of pyridine rings is 1. The van der Waals surface area contributed by atoms with Gasteiger partial charge in [0.05, 0.1) is 36.4 Å². The van der Waals surface area contributed by atoms with Crippen LogP contribution in [0, 0.1) is 11.5 Å². The lowest BCUT2D eigenvalue weighted by Crippen LogP contribution is -2.39. The Labute approximate surface area is 242 Å². The fraction of sp³-hybridized carbons (Fsp3) is 0.345. The molecule has 3 aromatic heterocycles. The topological polar surface area (TPSA) is 149 Å². The third kappa shape index (κ3) is 5.57. The van der Waals surface area contributed by atoms with E-state index in [2.05, 4.69) is 25.5 Å². The largest absolute Gasteiger partial charge is 0.378 e. The molecular weight excluding hydrogens is 534 g/mol. The number of aliphatic imine (C=N–C) groups is 1. The first-order valence-electron chi connectivity index (χ1n) is 13.9. The molecule has 13 heteroatoms. The molecule has 5 heterocycles. The van der Waals surface area contributed by atoms with Crippen molar-refractivity contribution in [2.24, 2.45) is 4.99 Å². The number of guanidine groups is 1. The van der Waals surface area contributed by atoms with Gasteiger partial charge in [-0.25, -0.2) is 14.6 Å². The molecule has 0 bridgehead atoms. The maximum atomic E-state index is 13.0. The highest BCUT2D eigenvalue weighted by Gasteiger charge is 2.28. The van der Waals surface area contributed by atoms with E-state index in [0.29, 0.717) is 43.7 Å². The van der Waals surface area contributed by atoms with Gasteiger partial charge in [0.25, 0.3) is 5.91 Å². The lowest BCUT2D eigenvalue weighted by atomic mass is 10.0. The number of fused-ring (bicyclic) bond motifs is 1. The summed E-state index contributed by atoms with van der Waals surface area (Å²) in [5, 5.41) is 20.5. The van der Waals surface area contributed by atoms with Crippen LogP contribution in [0.5, 0.6) is 0 Å². The van der Waals surface area contributed by atoms with Gasteiger partial charge >= 0.3 is 0 Å². The van der Waals surface area contributed by atoms with Crippen LogP contribution in [0.4, 0.5) is 11.5 Å². The number of hydrogen-bond donors (Lipinski definition) is 2. The number of piperidine rings is 1. The van der Waals surface area contributed by atoms with Gasteiger partial charge in [-0.15, -0.1) is 4.99 Å². The van der Waals surface area contributed by atoms with E-state index in [9.17, 15) is 4.79 Å². The van der Waals surface area contributed by atoms with E-state index >= 15 is 0 Å². The molecule has 2 aliphatic rings. The predicted molar refractivity (Wildman–Crippen MR) is 158 cm³/mol. The van der Waals surface area contributed by atoms with Crippen molar-refractivity contribution in [1.82, 2.24) is 34.9 Å². The first-order valence-corrected chi connectivity index (χ1v) is 13.9. The Morgan fingerprint density at radius 3 is 2.55 bits per heavy atom. The summed E-state index contributed by atoms with van der Waals surface area (Å²) in [7, 11) is 1.69. The van der Waals surface area contributed by atoms with Gasteiger partial charge in [-0.05, 0) is 49.2 Å². The molecular formula is C29H31N11O2. The molecule has 6 rings (SSSR count). The maximum Gasteiger partial charge on any atom is 0.255 e. The molecule has 0 unspecified atom stereocenters. The van der Waals surface area contributed by atoms with Crippen LogP contribution >= 0.6 is 0 Å². The molecule has 214 valence electrons. The lowest BCUT2D eigenvalue weighted by molar-refractivity contribution is 0.0691. The van der Waals surface area contributed by atoms with Crippen LogP contribution in [0.3, 0.4) is 0 Å². The Hall–Kier alpha value is -5.09. The number of likely N-dealkylation sites (tertiary alicyclic amines) is 1. The monoisotopic (exact) mass is 565 g/mol. The Morgan fingerprint density at radius 2 is 1.86 bits per heavy atom. The number of carbonyl (C=O) groups excluding carboxylic acids is 1. The zero-order valence-electron chi connectivity index (χ0n) is 23.3. The van der Waals surface area contributed by atoms with Crippen molar-refractivity contribution < 1.29 is 9.53 Å². The summed E-state index contributed by atoms with van der Waals surface area (Å²) in [5.74, 6) is 1.80. The molecule has 1 aromatic carbocycles. The molecule has 4 aromatic rings. The number of rotatable bonds is 5. The fourth-order valence-corrected chi connectivity index (χ4v) is 5.34. The number of amides is 1.